The zero-order chi connectivity index (χ0) is 19.6. The van der Waals surface area contributed by atoms with E-state index in [-0.39, 0.29) is 22.1 Å². The average molecular weight is 388 g/mol. The Bertz CT molecular complexity index is 1000. The molecule has 3 rings (SSSR count). The van der Waals surface area contributed by atoms with Crippen LogP contribution in [-0.2, 0) is 32.5 Å². The summed E-state index contributed by atoms with van der Waals surface area (Å²) in [6.45, 7) is 2.53. The van der Waals surface area contributed by atoms with Crippen LogP contribution < -0.4 is 4.72 Å². The Hall–Kier alpha value is -2.87. The summed E-state index contributed by atoms with van der Waals surface area (Å²) in [5.41, 5.74) is 2.38. The maximum absolute atomic E-state index is 12.7. The fourth-order valence-electron chi connectivity index (χ4n) is 3.01. The van der Waals surface area contributed by atoms with Crippen molar-refractivity contribution in [1.29, 1.82) is 0 Å². The average Bonchev–Trinajstić information content (AvgIpc) is 2.66. The van der Waals surface area contributed by atoms with E-state index < -0.39 is 16.0 Å². The minimum atomic E-state index is -3.84. The highest BCUT2D eigenvalue weighted by Crippen LogP contribution is 2.24. The van der Waals surface area contributed by atoms with Crippen molar-refractivity contribution in [2.75, 3.05) is 18.4 Å². The Labute approximate surface area is 158 Å². The number of nitrogens with zero attached hydrogens (tertiary/aromatic N) is 1. The molecule has 0 saturated carbocycles. The van der Waals surface area contributed by atoms with Gasteiger partial charge in [0.1, 0.15) is 0 Å². The van der Waals surface area contributed by atoms with Crippen molar-refractivity contribution in [2.45, 2.75) is 24.8 Å². The molecule has 2 aromatic rings. The van der Waals surface area contributed by atoms with E-state index in [1.165, 1.54) is 20.1 Å². The number of rotatable bonds is 4. The minimum absolute atomic E-state index is 0.0355. The number of nitrogens with one attached hydrogen (secondary N) is 1. The number of fused-ring (bicyclic) bond motifs is 1. The highest BCUT2D eigenvalue weighted by atomic mass is 32.2. The molecule has 0 unspecified atom stereocenters. The summed E-state index contributed by atoms with van der Waals surface area (Å²) in [5, 5.41) is 0. The van der Waals surface area contributed by atoms with Crippen molar-refractivity contribution in [3.05, 3.63) is 59.2 Å². The van der Waals surface area contributed by atoms with Gasteiger partial charge in [0.25, 0.3) is 10.0 Å². The second-order valence-corrected chi connectivity index (χ2v) is 7.98. The van der Waals surface area contributed by atoms with Crippen LogP contribution in [-0.4, -0.2) is 38.8 Å². The zero-order valence-corrected chi connectivity index (χ0v) is 15.9. The Morgan fingerprint density at radius 1 is 1.11 bits per heavy atom. The number of esters is 1. The van der Waals surface area contributed by atoms with Gasteiger partial charge < -0.3 is 9.64 Å². The van der Waals surface area contributed by atoms with E-state index in [9.17, 15) is 18.0 Å². The molecule has 0 fully saturated rings. The van der Waals surface area contributed by atoms with Crippen molar-refractivity contribution in [2.24, 2.45) is 0 Å². The highest BCUT2D eigenvalue weighted by molar-refractivity contribution is 7.92. The Morgan fingerprint density at radius 2 is 1.89 bits per heavy atom. The molecule has 1 aliphatic heterocycles. The lowest BCUT2D eigenvalue weighted by Crippen LogP contribution is -2.34. The van der Waals surface area contributed by atoms with Crippen LogP contribution in [0.4, 0.5) is 5.69 Å². The molecule has 0 bridgehead atoms. The number of benzene rings is 2. The summed E-state index contributed by atoms with van der Waals surface area (Å²) in [4.78, 5) is 25.0. The third-order valence-corrected chi connectivity index (χ3v) is 5.86. The van der Waals surface area contributed by atoms with E-state index >= 15 is 0 Å². The molecule has 0 atom stereocenters. The molecular weight excluding hydrogens is 368 g/mol. The van der Waals surface area contributed by atoms with Gasteiger partial charge in [0, 0.05) is 25.7 Å². The summed E-state index contributed by atoms with van der Waals surface area (Å²) in [5.74, 6) is -0.583. The molecular formula is C19H20N2O5S. The number of sulfonamides is 1. The molecule has 0 radical (unpaired) electrons. The molecule has 1 aliphatic rings. The van der Waals surface area contributed by atoms with Gasteiger partial charge in [0.2, 0.25) is 5.91 Å². The predicted molar refractivity (Wildman–Crippen MR) is 99.8 cm³/mol. The predicted octanol–water partition coefficient (Wildman–Crippen LogP) is 2.18. The zero-order valence-electron chi connectivity index (χ0n) is 15.1. The van der Waals surface area contributed by atoms with Crippen LogP contribution in [0.2, 0.25) is 0 Å². The number of methoxy groups -OCH3 is 1. The van der Waals surface area contributed by atoms with E-state index in [1.54, 1.807) is 41.3 Å². The lowest BCUT2D eigenvalue weighted by molar-refractivity contribution is -0.129. The number of ether oxygens (including phenoxy) is 1. The summed E-state index contributed by atoms with van der Waals surface area (Å²) < 4.78 is 32.6. The number of anilines is 1. The normalized spacial score (nSPS) is 13.6. The standard InChI is InChI=1S/C19H20N2O5S/c1-13(22)21-9-8-14-6-7-18(11-16(14)12-21)27(24,25)20-17-5-3-4-15(10-17)19(23)26-2/h3-7,10-11,20H,8-9,12H2,1-2H3. The van der Waals surface area contributed by atoms with Gasteiger partial charge in [-0.1, -0.05) is 12.1 Å². The summed E-state index contributed by atoms with van der Waals surface area (Å²) in [6, 6.07) is 11.0. The van der Waals surface area contributed by atoms with E-state index in [2.05, 4.69) is 9.46 Å². The molecule has 27 heavy (non-hydrogen) atoms. The molecule has 1 N–H and O–H groups in total. The number of carbonyl (C=O) groups excluding carboxylic acids is 2. The first-order valence-corrected chi connectivity index (χ1v) is 9.87. The van der Waals surface area contributed by atoms with Crippen LogP contribution >= 0.6 is 0 Å². The van der Waals surface area contributed by atoms with Gasteiger partial charge in [-0.25, -0.2) is 13.2 Å². The van der Waals surface area contributed by atoms with Gasteiger partial charge in [-0.05, 0) is 47.9 Å². The van der Waals surface area contributed by atoms with Crippen LogP contribution in [0, 0.1) is 0 Å². The summed E-state index contributed by atoms with van der Waals surface area (Å²) in [6.07, 6.45) is 0.698. The van der Waals surface area contributed by atoms with E-state index in [4.69, 9.17) is 0 Å². The van der Waals surface area contributed by atoms with Crippen LogP contribution in [0.15, 0.2) is 47.4 Å². The number of carbonyl (C=O) groups is 2. The molecule has 0 aromatic heterocycles. The molecule has 1 amide bonds. The third-order valence-electron chi connectivity index (χ3n) is 4.48. The Kier molecular flexibility index (Phi) is 5.18. The van der Waals surface area contributed by atoms with Crippen molar-refractivity contribution >= 4 is 27.6 Å². The smallest absolute Gasteiger partial charge is 0.337 e. The summed E-state index contributed by atoms with van der Waals surface area (Å²) >= 11 is 0. The minimum Gasteiger partial charge on any atom is -0.465 e. The molecule has 2 aromatic carbocycles. The second-order valence-electron chi connectivity index (χ2n) is 6.30. The molecule has 142 valence electrons. The lowest BCUT2D eigenvalue weighted by atomic mass is 10.00. The van der Waals surface area contributed by atoms with Crippen LogP contribution in [0.5, 0.6) is 0 Å². The SMILES string of the molecule is COC(=O)c1cccc(NS(=O)(=O)c2ccc3c(c2)CN(C(C)=O)CC3)c1. The topological polar surface area (TPSA) is 92.8 Å². The van der Waals surface area contributed by atoms with Crippen molar-refractivity contribution in [3.8, 4) is 0 Å². The molecule has 8 heteroatoms. The van der Waals surface area contributed by atoms with E-state index in [0.717, 1.165) is 11.1 Å². The van der Waals surface area contributed by atoms with Crippen molar-refractivity contribution in [1.82, 2.24) is 4.90 Å². The maximum atomic E-state index is 12.7. The second kappa shape index (κ2) is 7.40. The summed E-state index contributed by atoms with van der Waals surface area (Å²) in [7, 11) is -2.58. The molecule has 0 aliphatic carbocycles. The van der Waals surface area contributed by atoms with Gasteiger partial charge in [0.05, 0.1) is 17.6 Å². The number of hydrogen-bond acceptors (Lipinski definition) is 5. The van der Waals surface area contributed by atoms with Crippen LogP contribution in [0.3, 0.4) is 0 Å². The molecule has 7 nitrogen and oxygen atoms in total. The molecule has 0 spiro atoms. The van der Waals surface area contributed by atoms with Gasteiger partial charge in [-0.15, -0.1) is 0 Å². The van der Waals surface area contributed by atoms with Crippen LogP contribution in [0.25, 0.3) is 0 Å². The maximum Gasteiger partial charge on any atom is 0.337 e. The highest BCUT2D eigenvalue weighted by Gasteiger charge is 2.22. The van der Waals surface area contributed by atoms with Crippen molar-refractivity contribution < 1.29 is 22.7 Å². The largest absolute Gasteiger partial charge is 0.465 e. The fourth-order valence-corrected chi connectivity index (χ4v) is 4.11. The van der Waals surface area contributed by atoms with Gasteiger partial charge >= 0.3 is 5.97 Å². The van der Waals surface area contributed by atoms with E-state index in [1.807, 2.05) is 0 Å². The third kappa shape index (κ3) is 4.11. The fraction of sp³-hybridized carbons (Fsp3) is 0.263. The van der Waals surface area contributed by atoms with Crippen LogP contribution in [0.1, 0.15) is 28.4 Å². The quantitative estimate of drug-likeness (QED) is 0.811. The molecule has 1 heterocycles. The Morgan fingerprint density at radius 3 is 2.59 bits per heavy atom. The van der Waals surface area contributed by atoms with Gasteiger partial charge in [-0.3, -0.25) is 9.52 Å². The molecule has 0 saturated heterocycles. The lowest BCUT2D eigenvalue weighted by Gasteiger charge is -2.28. The van der Waals surface area contributed by atoms with Crippen molar-refractivity contribution in [3.63, 3.8) is 0 Å². The first-order valence-electron chi connectivity index (χ1n) is 8.38. The van der Waals surface area contributed by atoms with Gasteiger partial charge in [-0.2, -0.15) is 0 Å². The van der Waals surface area contributed by atoms with E-state index in [0.29, 0.717) is 19.5 Å². The number of amides is 1. The van der Waals surface area contributed by atoms with Gasteiger partial charge in [0.15, 0.2) is 0 Å². The Balaban J connectivity index is 1.87. The number of hydrogen-bond donors (Lipinski definition) is 1. The first-order chi connectivity index (χ1) is 12.8. The first kappa shape index (κ1) is 18.9. The monoisotopic (exact) mass is 388 g/mol.